The van der Waals surface area contributed by atoms with E-state index < -0.39 is 24.3 Å². The molecule has 0 saturated heterocycles. The average Bonchev–Trinajstić information content (AvgIpc) is 3.03. The normalized spacial score (nSPS) is 12.3. The molecular weight excluding hydrogens is 493 g/mol. The van der Waals surface area contributed by atoms with Crippen molar-refractivity contribution in [3.8, 4) is 23.0 Å². The van der Waals surface area contributed by atoms with E-state index in [0.717, 1.165) is 10.8 Å². The lowest BCUT2D eigenvalue weighted by Gasteiger charge is -2.19. The number of aryl methyl sites for hydroxylation is 1. The number of hydrogen-bond acceptors (Lipinski definition) is 6. The Bertz CT molecular complexity index is 1420. The molecule has 0 saturated carbocycles. The number of pyridine rings is 3. The van der Waals surface area contributed by atoms with Crippen molar-refractivity contribution >= 4 is 22.8 Å². The smallest absolute Gasteiger partial charge is 0.437 e. The second-order valence-corrected chi connectivity index (χ2v) is 8.71. The van der Waals surface area contributed by atoms with Gasteiger partial charge < -0.3 is 4.74 Å². The molecule has 35 heavy (non-hydrogen) atoms. The van der Waals surface area contributed by atoms with Gasteiger partial charge in [-0.25, -0.2) is 14.8 Å². The maximum absolute atomic E-state index is 13.7. The van der Waals surface area contributed by atoms with Gasteiger partial charge in [0.15, 0.2) is 0 Å². The van der Waals surface area contributed by atoms with Gasteiger partial charge in [0.05, 0.1) is 29.1 Å². The van der Waals surface area contributed by atoms with Gasteiger partial charge in [-0.2, -0.15) is 22.0 Å². The third kappa shape index (κ3) is 4.85. The van der Waals surface area contributed by atoms with Crippen molar-refractivity contribution in [2.24, 2.45) is 7.05 Å². The first-order valence-corrected chi connectivity index (χ1v) is 11.2. The topological polar surface area (TPSA) is 74.8 Å². The zero-order valence-corrected chi connectivity index (χ0v) is 19.2. The first-order valence-electron chi connectivity index (χ1n) is 10.2. The molecule has 7 nitrogen and oxygen atoms in total. The number of imidazole rings is 1. The van der Waals surface area contributed by atoms with Crippen LogP contribution in [-0.2, 0) is 13.6 Å². The minimum absolute atomic E-state index is 0.140. The lowest BCUT2D eigenvalue weighted by atomic mass is 10.2. The Balaban J connectivity index is 1.75. The highest BCUT2D eigenvalue weighted by Gasteiger charge is 2.58. The summed E-state index contributed by atoms with van der Waals surface area (Å²) in [5.41, 5.74) is -0.273. The highest BCUT2D eigenvalue weighted by molar-refractivity contribution is 7.99. The van der Waals surface area contributed by atoms with Gasteiger partial charge in [0.2, 0.25) is 5.88 Å². The highest BCUT2D eigenvalue weighted by Crippen LogP contribution is 2.37. The molecule has 4 rings (SSSR count). The summed E-state index contributed by atoms with van der Waals surface area (Å²) in [7, 11) is 1.29. The van der Waals surface area contributed by atoms with Gasteiger partial charge in [0.1, 0.15) is 18.0 Å². The van der Waals surface area contributed by atoms with Crippen LogP contribution in [0.4, 0.5) is 22.0 Å². The molecule has 0 aliphatic heterocycles. The van der Waals surface area contributed by atoms with Crippen LogP contribution in [0.25, 0.3) is 22.4 Å². The molecular formula is C22H18F5N5O2S. The lowest BCUT2D eigenvalue weighted by Crippen LogP contribution is -2.42. The van der Waals surface area contributed by atoms with Crippen LogP contribution in [0.15, 0.2) is 58.6 Å². The van der Waals surface area contributed by atoms with Crippen LogP contribution in [0, 0.1) is 0 Å². The number of hydrogen-bond donors (Lipinski definition) is 0. The second-order valence-electron chi connectivity index (χ2n) is 7.41. The molecule has 0 bridgehead atoms. The zero-order chi connectivity index (χ0) is 25.4. The molecule has 4 heterocycles. The van der Waals surface area contributed by atoms with E-state index in [2.05, 4.69) is 15.0 Å². The van der Waals surface area contributed by atoms with Crippen molar-refractivity contribution < 1.29 is 26.7 Å². The van der Waals surface area contributed by atoms with Gasteiger partial charge in [-0.3, -0.25) is 14.1 Å². The summed E-state index contributed by atoms with van der Waals surface area (Å²) in [5.74, 6) is -3.59. The lowest BCUT2D eigenvalue weighted by molar-refractivity contribution is -0.286. The Morgan fingerprint density at radius 3 is 2.46 bits per heavy atom. The predicted octanol–water partition coefficient (Wildman–Crippen LogP) is 5.29. The maximum Gasteiger partial charge on any atom is 0.455 e. The van der Waals surface area contributed by atoms with Gasteiger partial charge in [-0.1, -0.05) is 13.0 Å². The summed E-state index contributed by atoms with van der Waals surface area (Å²) < 4.78 is 72.6. The Labute approximate surface area is 199 Å². The van der Waals surface area contributed by atoms with Crippen LogP contribution in [-0.4, -0.2) is 41.9 Å². The van der Waals surface area contributed by atoms with Crippen LogP contribution < -0.4 is 10.4 Å². The van der Waals surface area contributed by atoms with Crippen LogP contribution in [0.2, 0.25) is 0 Å². The summed E-state index contributed by atoms with van der Waals surface area (Å²) in [4.78, 5) is 25.9. The van der Waals surface area contributed by atoms with E-state index >= 15 is 0 Å². The predicted molar refractivity (Wildman–Crippen MR) is 120 cm³/mol. The van der Waals surface area contributed by atoms with E-state index in [-0.39, 0.29) is 11.0 Å². The van der Waals surface area contributed by atoms with Gasteiger partial charge in [0.25, 0.3) is 0 Å². The van der Waals surface area contributed by atoms with E-state index in [1.165, 1.54) is 31.1 Å². The number of thioether (sulfide) groups is 1. The molecule has 184 valence electrons. The molecule has 0 aromatic carbocycles. The van der Waals surface area contributed by atoms with Gasteiger partial charge >= 0.3 is 17.8 Å². The Hall–Kier alpha value is -3.48. The molecule has 0 aliphatic rings. The third-order valence-corrected chi connectivity index (χ3v) is 5.94. The molecule has 0 unspecified atom stereocenters. The number of alkyl halides is 5. The molecule has 0 amide bonds. The van der Waals surface area contributed by atoms with Gasteiger partial charge in [-0.15, -0.1) is 11.8 Å². The first-order chi connectivity index (χ1) is 16.5. The summed E-state index contributed by atoms with van der Waals surface area (Å²) in [5, 5.41) is 0. The fourth-order valence-electron chi connectivity index (χ4n) is 3.34. The second kappa shape index (κ2) is 9.29. The van der Waals surface area contributed by atoms with Gasteiger partial charge in [-0.05, 0) is 24.0 Å². The number of fused-ring (bicyclic) bond motifs is 1. The summed E-state index contributed by atoms with van der Waals surface area (Å²) in [6.07, 6.45) is -1.65. The number of aromatic nitrogens is 5. The van der Waals surface area contributed by atoms with E-state index in [4.69, 9.17) is 4.74 Å². The largest absolute Gasteiger partial charge is 0.455 e. The minimum Gasteiger partial charge on any atom is -0.437 e. The van der Waals surface area contributed by atoms with E-state index in [1.54, 1.807) is 30.5 Å². The molecule has 4 aromatic rings. The number of halogens is 5. The molecule has 0 atom stereocenters. The standard InChI is InChI=1S/C22H18F5N5O2S/c1-3-35-17-8-13(34-18-6-4-5-7-28-18)10-30-19(17)14-9-15-16(11-29-14)32(20(33)31(15)2)12-21(23,24)22(25,26)27/h4-11H,3,12H2,1-2H3. The first kappa shape index (κ1) is 24.6. The van der Waals surface area contributed by atoms with Crippen LogP contribution in [0.1, 0.15) is 6.92 Å². The van der Waals surface area contributed by atoms with Crippen LogP contribution in [0.3, 0.4) is 0 Å². The Kier molecular flexibility index (Phi) is 6.54. The van der Waals surface area contributed by atoms with Crippen molar-refractivity contribution in [1.29, 1.82) is 0 Å². The molecule has 0 radical (unpaired) electrons. The monoisotopic (exact) mass is 511 g/mol. The average molecular weight is 511 g/mol. The fraction of sp³-hybridized carbons (Fsp3) is 0.273. The fourth-order valence-corrected chi connectivity index (χ4v) is 4.14. The quantitative estimate of drug-likeness (QED) is 0.248. The number of rotatable bonds is 7. The van der Waals surface area contributed by atoms with Crippen molar-refractivity contribution in [1.82, 2.24) is 24.1 Å². The summed E-state index contributed by atoms with van der Waals surface area (Å²) in [6, 6.07) is 8.38. The van der Waals surface area contributed by atoms with Gasteiger partial charge in [0, 0.05) is 24.2 Å². The Morgan fingerprint density at radius 1 is 1.03 bits per heavy atom. The Morgan fingerprint density at radius 2 is 1.80 bits per heavy atom. The van der Waals surface area contributed by atoms with Crippen LogP contribution in [0.5, 0.6) is 11.6 Å². The SMILES string of the molecule is CCSc1cc(Oc2ccccn2)cnc1-c1cc2c(cn1)n(CC(F)(F)C(F)(F)F)c(=O)n2C. The summed E-state index contributed by atoms with van der Waals surface area (Å²) >= 11 is 1.45. The van der Waals surface area contributed by atoms with E-state index in [9.17, 15) is 26.7 Å². The maximum atomic E-state index is 13.7. The van der Waals surface area contributed by atoms with E-state index in [0.29, 0.717) is 38.2 Å². The molecule has 0 aliphatic carbocycles. The van der Waals surface area contributed by atoms with Crippen molar-refractivity contribution in [2.75, 3.05) is 5.75 Å². The third-order valence-electron chi connectivity index (χ3n) is 5.03. The molecule has 13 heteroatoms. The molecule has 0 N–H and O–H groups in total. The molecule has 0 fully saturated rings. The molecule has 0 spiro atoms. The zero-order valence-electron chi connectivity index (χ0n) is 18.4. The van der Waals surface area contributed by atoms with Crippen LogP contribution >= 0.6 is 11.8 Å². The van der Waals surface area contributed by atoms with Crippen molar-refractivity contribution in [2.45, 2.75) is 30.5 Å². The minimum atomic E-state index is -5.79. The molecule has 4 aromatic heterocycles. The van der Waals surface area contributed by atoms with Crippen molar-refractivity contribution in [3.05, 3.63) is 59.4 Å². The van der Waals surface area contributed by atoms with E-state index in [1.807, 2.05) is 6.92 Å². The number of nitrogens with zero attached hydrogens (tertiary/aromatic N) is 5. The summed E-state index contributed by atoms with van der Waals surface area (Å²) in [6.45, 7) is 0.0877. The van der Waals surface area contributed by atoms with Crippen molar-refractivity contribution in [3.63, 3.8) is 0 Å². The highest BCUT2D eigenvalue weighted by atomic mass is 32.2. The number of ether oxygens (including phenoxy) is 1.